The molecule has 1 aliphatic heterocycles. The summed E-state index contributed by atoms with van der Waals surface area (Å²) in [6.45, 7) is 3.61. The van der Waals surface area contributed by atoms with Gasteiger partial charge in [0, 0.05) is 37.8 Å². The van der Waals surface area contributed by atoms with Crippen LogP contribution in [-0.2, 0) is 4.79 Å². The van der Waals surface area contributed by atoms with Gasteiger partial charge in [-0.3, -0.25) is 24.6 Å². The zero-order valence-electron chi connectivity index (χ0n) is 15.9. The SMILES string of the molecule is CC(=O)c1ccc(N2CCN(CC(=O)Nc3ccccc3[N+](=O)[O-])CC2)c(F)c1. The molecule has 1 aliphatic rings. The van der Waals surface area contributed by atoms with Crippen LogP contribution in [0.3, 0.4) is 0 Å². The molecule has 0 aliphatic carbocycles. The van der Waals surface area contributed by atoms with Crippen molar-refractivity contribution < 1.29 is 18.9 Å². The average Bonchev–Trinajstić information content (AvgIpc) is 2.68. The van der Waals surface area contributed by atoms with Crippen molar-refractivity contribution in [3.05, 3.63) is 64.0 Å². The minimum Gasteiger partial charge on any atom is -0.367 e. The number of nitrogens with zero attached hydrogens (tertiary/aromatic N) is 3. The van der Waals surface area contributed by atoms with E-state index in [0.29, 0.717) is 37.4 Å². The molecule has 152 valence electrons. The van der Waals surface area contributed by atoms with Crippen LogP contribution < -0.4 is 10.2 Å². The van der Waals surface area contributed by atoms with Crippen molar-refractivity contribution in [1.29, 1.82) is 0 Å². The number of carbonyl (C=O) groups is 2. The molecule has 0 atom stereocenters. The lowest BCUT2D eigenvalue weighted by atomic mass is 10.1. The van der Waals surface area contributed by atoms with Crippen molar-refractivity contribution in [1.82, 2.24) is 4.90 Å². The monoisotopic (exact) mass is 400 g/mol. The summed E-state index contributed by atoms with van der Waals surface area (Å²) >= 11 is 0. The molecule has 2 aromatic carbocycles. The third-order valence-electron chi connectivity index (χ3n) is 4.81. The molecule has 0 aromatic heterocycles. The van der Waals surface area contributed by atoms with Crippen molar-refractivity contribution in [2.75, 3.05) is 42.9 Å². The second kappa shape index (κ2) is 8.78. The molecule has 1 heterocycles. The summed E-state index contributed by atoms with van der Waals surface area (Å²) in [5.74, 6) is -0.977. The number of rotatable bonds is 6. The van der Waals surface area contributed by atoms with Gasteiger partial charge in [-0.2, -0.15) is 0 Å². The van der Waals surface area contributed by atoms with Gasteiger partial charge in [0.25, 0.3) is 5.69 Å². The molecule has 2 aromatic rings. The Morgan fingerprint density at radius 1 is 1.14 bits per heavy atom. The first-order chi connectivity index (χ1) is 13.8. The molecule has 0 saturated carbocycles. The van der Waals surface area contributed by atoms with Crippen LogP contribution in [-0.4, -0.2) is 54.2 Å². The van der Waals surface area contributed by atoms with E-state index in [1.807, 2.05) is 9.80 Å². The highest BCUT2D eigenvalue weighted by molar-refractivity contribution is 5.95. The maximum absolute atomic E-state index is 14.3. The lowest BCUT2D eigenvalue weighted by Gasteiger charge is -2.35. The molecule has 3 rings (SSSR count). The zero-order valence-corrected chi connectivity index (χ0v) is 15.9. The number of para-hydroxylation sites is 2. The van der Waals surface area contributed by atoms with Gasteiger partial charge < -0.3 is 10.2 Å². The number of nitro groups is 1. The molecule has 0 radical (unpaired) electrons. The van der Waals surface area contributed by atoms with E-state index < -0.39 is 10.7 Å². The second-order valence-electron chi connectivity index (χ2n) is 6.81. The minimum atomic E-state index is -0.541. The number of piperazine rings is 1. The number of hydrogen-bond donors (Lipinski definition) is 1. The lowest BCUT2D eigenvalue weighted by Crippen LogP contribution is -2.49. The first-order valence-electron chi connectivity index (χ1n) is 9.16. The van der Waals surface area contributed by atoms with E-state index >= 15 is 0 Å². The summed E-state index contributed by atoms with van der Waals surface area (Å²) in [4.78, 5) is 37.9. The number of anilines is 2. The maximum atomic E-state index is 14.3. The third kappa shape index (κ3) is 4.94. The number of benzene rings is 2. The fourth-order valence-corrected chi connectivity index (χ4v) is 3.26. The molecule has 29 heavy (non-hydrogen) atoms. The molecule has 1 amide bonds. The van der Waals surface area contributed by atoms with Crippen LogP contribution in [0.25, 0.3) is 0 Å². The largest absolute Gasteiger partial charge is 0.367 e. The number of amides is 1. The highest BCUT2D eigenvalue weighted by Gasteiger charge is 2.22. The van der Waals surface area contributed by atoms with Crippen molar-refractivity contribution >= 4 is 28.8 Å². The molecule has 1 fully saturated rings. The number of hydrogen-bond acceptors (Lipinski definition) is 6. The molecule has 0 unspecified atom stereocenters. The Kier molecular flexibility index (Phi) is 6.18. The van der Waals surface area contributed by atoms with E-state index in [1.54, 1.807) is 18.2 Å². The summed E-state index contributed by atoms with van der Waals surface area (Å²) in [5, 5.41) is 13.6. The van der Waals surface area contributed by atoms with Gasteiger partial charge in [-0.1, -0.05) is 12.1 Å². The van der Waals surface area contributed by atoms with Crippen molar-refractivity contribution in [3.8, 4) is 0 Å². The van der Waals surface area contributed by atoms with Crippen LogP contribution in [0.15, 0.2) is 42.5 Å². The highest BCUT2D eigenvalue weighted by Crippen LogP contribution is 2.24. The quantitative estimate of drug-likeness (QED) is 0.455. The summed E-state index contributed by atoms with van der Waals surface area (Å²) in [6.07, 6.45) is 0. The standard InChI is InChI=1S/C20H21FN4O4/c1-14(26)15-6-7-18(16(21)12-15)24-10-8-23(9-11-24)13-20(27)22-17-4-2-3-5-19(17)25(28)29/h2-7,12H,8-11,13H2,1H3,(H,22,27). The van der Waals surface area contributed by atoms with Crippen molar-refractivity contribution in [2.45, 2.75) is 6.92 Å². The van der Waals surface area contributed by atoms with E-state index in [1.165, 1.54) is 31.2 Å². The van der Waals surface area contributed by atoms with Crippen molar-refractivity contribution in [3.63, 3.8) is 0 Å². The van der Waals surface area contributed by atoms with Gasteiger partial charge in [0.15, 0.2) is 5.78 Å². The number of carbonyl (C=O) groups excluding carboxylic acids is 2. The van der Waals surface area contributed by atoms with Crippen LogP contribution >= 0.6 is 0 Å². The van der Waals surface area contributed by atoms with Gasteiger partial charge in [0.05, 0.1) is 17.2 Å². The van der Waals surface area contributed by atoms with Gasteiger partial charge in [-0.25, -0.2) is 4.39 Å². The molecule has 0 bridgehead atoms. The number of ketones is 1. The van der Waals surface area contributed by atoms with Crippen LogP contribution in [0.4, 0.5) is 21.5 Å². The Hall–Kier alpha value is -3.33. The van der Waals surface area contributed by atoms with Crippen LogP contribution in [0, 0.1) is 15.9 Å². The fraction of sp³-hybridized carbons (Fsp3) is 0.300. The number of nitrogens with one attached hydrogen (secondary N) is 1. The first kappa shape index (κ1) is 20.4. The number of Topliss-reactive ketones (excluding diaryl/α,β-unsaturated/α-hetero) is 1. The van der Waals surface area contributed by atoms with Gasteiger partial charge in [-0.05, 0) is 31.2 Å². The first-order valence-corrected chi connectivity index (χ1v) is 9.16. The molecular formula is C20H21FN4O4. The van der Waals surface area contributed by atoms with E-state index in [-0.39, 0.29) is 29.6 Å². The Morgan fingerprint density at radius 3 is 2.45 bits per heavy atom. The average molecular weight is 400 g/mol. The molecule has 1 N–H and O–H groups in total. The fourth-order valence-electron chi connectivity index (χ4n) is 3.26. The van der Waals surface area contributed by atoms with E-state index in [9.17, 15) is 24.1 Å². The van der Waals surface area contributed by atoms with E-state index in [2.05, 4.69) is 5.32 Å². The second-order valence-corrected chi connectivity index (χ2v) is 6.81. The smallest absolute Gasteiger partial charge is 0.292 e. The molecular weight excluding hydrogens is 379 g/mol. The van der Waals surface area contributed by atoms with Crippen molar-refractivity contribution in [2.24, 2.45) is 0 Å². The van der Waals surface area contributed by atoms with E-state index in [4.69, 9.17) is 0 Å². The predicted molar refractivity (Wildman–Crippen MR) is 107 cm³/mol. The Labute approximate surface area is 167 Å². The maximum Gasteiger partial charge on any atom is 0.292 e. The van der Waals surface area contributed by atoms with Crippen LogP contribution in [0.2, 0.25) is 0 Å². The third-order valence-corrected chi connectivity index (χ3v) is 4.81. The highest BCUT2D eigenvalue weighted by atomic mass is 19.1. The summed E-state index contributed by atoms with van der Waals surface area (Å²) in [6, 6.07) is 10.4. The normalized spacial score (nSPS) is 14.5. The van der Waals surface area contributed by atoms with Gasteiger partial charge in [0.2, 0.25) is 5.91 Å². The Balaban J connectivity index is 1.56. The van der Waals surface area contributed by atoms with E-state index in [0.717, 1.165) is 0 Å². The summed E-state index contributed by atoms with van der Waals surface area (Å²) in [7, 11) is 0. The summed E-state index contributed by atoms with van der Waals surface area (Å²) in [5.41, 5.74) is 0.763. The number of halogens is 1. The van der Waals surface area contributed by atoms with Gasteiger partial charge in [0.1, 0.15) is 11.5 Å². The Bertz CT molecular complexity index is 942. The molecule has 9 heteroatoms. The topological polar surface area (TPSA) is 95.8 Å². The predicted octanol–water partition coefficient (Wildman–Crippen LogP) is 2.70. The van der Waals surface area contributed by atoms with Crippen LogP contribution in [0.1, 0.15) is 17.3 Å². The Morgan fingerprint density at radius 2 is 1.83 bits per heavy atom. The molecule has 0 spiro atoms. The minimum absolute atomic E-state index is 0.0889. The summed E-state index contributed by atoms with van der Waals surface area (Å²) < 4.78 is 14.3. The number of nitro benzene ring substituents is 1. The molecule has 1 saturated heterocycles. The zero-order chi connectivity index (χ0) is 21.0. The van der Waals surface area contributed by atoms with Gasteiger partial charge >= 0.3 is 0 Å². The lowest BCUT2D eigenvalue weighted by molar-refractivity contribution is -0.383. The van der Waals surface area contributed by atoms with Gasteiger partial charge in [-0.15, -0.1) is 0 Å². The van der Waals surface area contributed by atoms with Crippen LogP contribution in [0.5, 0.6) is 0 Å². The molecule has 8 nitrogen and oxygen atoms in total.